The van der Waals surface area contributed by atoms with Crippen LogP contribution in [0, 0.1) is 0 Å². The van der Waals surface area contributed by atoms with E-state index in [1.54, 1.807) is 19.5 Å². The van der Waals surface area contributed by atoms with Gasteiger partial charge in [0.1, 0.15) is 0 Å². The van der Waals surface area contributed by atoms with Gasteiger partial charge in [-0.3, -0.25) is 9.78 Å². The van der Waals surface area contributed by atoms with Gasteiger partial charge in [-0.05, 0) is 11.6 Å². The Kier molecular flexibility index (Phi) is 4.64. The van der Waals surface area contributed by atoms with Crippen molar-refractivity contribution in [2.75, 3.05) is 20.3 Å². The highest BCUT2D eigenvalue weighted by atomic mass is 16.5. The number of nitrogens with zero attached hydrogens (tertiary/aromatic N) is 1. The Morgan fingerprint density at radius 2 is 2.50 bits per heavy atom. The predicted octanol–water partition coefficient (Wildman–Crippen LogP) is 0.387. The minimum Gasteiger partial charge on any atom is -0.383 e. The third-order valence-corrected chi connectivity index (χ3v) is 1.72. The molecule has 0 spiro atoms. The number of methoxy groups -OCH3 is 1. The fourth-order valence-electron chi connectivity index (χ4n) is 1.04. The third-order valence-electron chi connectivity index (χ3n) is 1.72. The highest BCUT2D eigenvalue weighted by Crippen LogP contribution is 1.96. The number of carbonyl (C=O) groups is 1. The summed E-state index contributed by atoms with van der Waals surface area (Å²) < 4.78 is 4.82. The molecule has 1 amide bonds. The first-order valence-electron chi connectivity index (χ1n) is 4.47. The molecule has 0 aromatic carbocycles. The first-order chi connectivity index (χ1) is 6.83. The van der Waals surface area contributed by atoms with Crippen molar-refractivity contribution in [3.63, 3.8) is 0 Å². The molecule has 14 heavy (non-hydrogen) atoms. The molecule has 1 heterocycles. The number of hydrogen-bond donors (Lipinski definition) is 1. The topological polar surface area (TPSA) is 51.2 Å². The summed E-state index contributed by atoms with van der Waals surface area (Å²) in [5, 5.41) is 2.74. The van der Waals surface area contributed by atoms with E-state index in [0.717, 1.165) is 5.56 Å². The molecule has 0 bridgehead atoms. The fraction of sp³-hybridized carbons (Fsp3) is 0.400. The molecule has 0 radical (unpaired) electrons. The molecule has 1 aromatic heterocycles. The van der Waals surface area contributed by atoms with Crippen LogP contribution in [0.15, 0.2) is 24.5 Å². The van der Waals surface area contributed by atoms with Crippen molar-refractivity contribution in [1.82, 2.24) is 10.3 Å². The molecule has 0 aliphatic rings. The van der Waals surface area contributed by atoms with Crippen molar-refractivity contribution in [3.05, 3.63) is 30.1 Å². The van der Waals surface area contributed by atoms with E-state index in [-0.39, 0.29) is 5.91 Å². The minimum atomic E-state index is -0.00458. The summed E-state index contributed by atoms with van der Waals surface area (Å²) in [4.78, 5) is 15.2. The molecule has 1 N–H and O–H groups in total. The summed E-state index contributed by atoms with van der Waals surface area (Å²) in [5.74, 6) is -0.00458. The lowest BCUT2D eigenvalue weighted by Crippen LogP contribution is -2.28. The smallest absolute Gasteiger partial charge is 0.224 e. The van der Waals surface area contributed by atoms with Gasteiger partial charge < -0.3 is 10.1 Å². The Balaban J connectivity index is 2.27. The van der Waals surface area contributed by atoms with Crippen LogP contribution >= 0.6 is 0 Å². The molecule has 4 nitrogen and oxygen atoms in total. The Morgan fingerprint density at radius 3 is 3.14 bits per heavy atom. The maximum absolute atomic E-state index is 11.3. The van der Waals surface area contributed by atoms with Crippen molar-refractivity contribution in [2.24, 2.45) is 0 Å². The SMILES string of the molecule is COCCNC(=O)Cc1cccnc1. The van der Waals surface area contributed by atoms with Gasteiger partial charge in [0.2, 0.25) is 5.91 Å². The number of aromatic nitrogens is 1. The number of pyridine rings is 1. The van der Waals surface area contributed by atoms with Crippen molar-refractivity contribution in [1.29, 1.82) is 0 Å². The molecule has 1 aromatic rings. The van der Waals surface area contributed by atoms with E-state index >= 15 is 0 Å². The van der Waals surface area contributed by atoms with Crippen LogP contribution in [-0.2, 0) is 16.0 Å². The highest BCUT2D eigenvalue weighted by molar-refractivity contribution is 5.78. The van der Waals surface area contributed by atoms with Crippen molar-refractivity contribution >= 4 is 5.91 Å². The first-order valence-corrected chi connectivity index (χ1v) is 4.47. The van der Waals surface area contributed by atoms with Crippen LogP contribution in [-0.4, -0.2) is 31.2 Å². The van der Waals surface area contributed by atoms with Crippen LogP contribution in [0.4, 0.5) is 0 Å². The lowest BCUT2D eigenvalue weighted by molar-refractivity contribution is -0.120. The average molecular weight is 194 g/mol. The van der Waals surface area contributed by atoms with E-state index in [4.69, 9.17) is 4.74 Å². The summed E-state index contributed by atoms with van der Waals surface area (Å²) >= 11 is 0. The van der Waals surface area contributed by atoms with E-state index in [2.05, 4.69) is 10.3 Å². The monoisotopic (exact) mass is 194 g/mol. The van der Waals surface area contributed by atoms with Gasteiger partial charge in [-0.2, -0.15) is 0 Å². The Bertz CT molecular complexity index is 275. The van der Waals surface area contributed by atoms with Gasteiger partial charge >= 0.3 is 0 Å². The van der Waals surface area contributed by atoms with E-state index < -0.39 is 0 Å². The van der Waals surface area contributed by atoms with E-state index in [9.17, 15) is 4.79 Å². The normalized spacial score (nSPS) is 9.79. The van der Waals surface area contributed by atoms with Crippen molar-refractivity contribution < 1.29 is 9.53 Å². The summed E-state index contributed by atoms with van der Waals surface area (Å²) in [5.41, 5.74) is 0.919. The van der Waals surface area contributed by atoms with Crippen LogP contribution < -0.4 is 5.32 Å². The van der Waals surface area contributed by atoms with Crippen LogP contribution in [0.3, 0.4) is 0 Å². The molecule has 0 saturated heterocycles. The number of ether oxygens (including phenoxy) is 1. The molecule has 0 unspecified atom stereocenters. The van der Waals surface area contributed by atoms with Crippen molar-refractivity contribution in [3.8, 4) is 0 Å². The molecule has 1 rings (SSSR count). The Hall–Kier alpha value is -1.42. The fourth-order valence-corrected chi connectivity index (χ4v) is 1.04. The molecule has 0 atom stereocenters. The second-order valence-corrected chi connectivity index (χ2v) is 2.88. The average Bonchev–Trinajstić information content (AvgIpc) is 2.20. The number of carbonyl (C=O) groups excluding carboxylic acids is 1. The van der Waals surface area contributed by atoms with Gasteiger partial charge in [-0.15, -0.1) is 0 Å². The first kappa shape index (κ1) is 10.7. The number of amides is 1. The van der Waals surface area contributed by atoms with Gasteiger partial charge in [0, 0.05) is 26.0 Å². The Labute approximate surface area is 83.3 Å². The van der Waals surface area contributed by atoms with Gasteiger partial charge in [-0.25, -0.2) is 0 Å². The summed E-state index contributed by atoms with van der Waals surface area (Å²) in [6, 6.07) is 3.70. The zero-order valence-electron chi connectivity index (χ0n) is 8.19. The molecule has 0 saturated carbocycles. The van der Waals surface area contributed by atoms with E-state index in [1.165, 1.54) is 0 Å². The molecule has 76 valence electrons. The third kappa shape index (κ3) is 4.00. The number of hydrogen-bond acceptors (Lipinski definition) is 3. The summed E-state index contributed by atoms with van der Waals surface area (Å²) in [6.45, 7) is 1.09. The van der Waals surface area contributed by atoms with Gasteiger partial charge in [0.05, 0.1) is 13.0 Å². The van der Waals surface area contributed by atoms with Crippen molar-refractivity contribution in [2.45, 2.75) is 6.42 Å². The van der Waals surface area contributed by atoms with Crippen LogP contribution in [0.25, 0.3) is 0 Å². The lowest BCUT2D eigenvalue weighted by Gasteiger charge is -2.03. The summed E-state index contributed by atoms with van der Waals surface area (Å²) in [6.07, 6.45) is 3.75. The van der Waals surface area contributed by atoms with Crippen LogP contribution in [0.2, 0.25) is 0 Å². The molecule has 0 aliphatic heterocycles. The van der Waals surface area contributed by atoms with Gasteiger partial charge in [0.15, 0.2) is 0 Å². The predicted molar refractivity (Wildman–Crippen MR) is 52.8 cm³/mol. The molecule has 0 fully saturated rings. The van der Waals surface area contributed by atoms with Crippen LogP contribution in [0.5, 0.6) is 0 Å². The Morgan fingerprint density at radius 1 is 1.64 bits per heavy atom. The molecular formula is C10H14N2O2. The quantitative estimate of drug-likeness (QED) is 0.690. The number of nitrogens with one attached hydrogen (secondary N) is 1. The molecule has 4 heteroatoms. The largest absolute Gasteiger partial charge is 0.383 e. The standard InChI is InChI=1S/C10H14N2O2/c1-14-6-5-12-10(13)7-9-3-2-4-11-8-9/h2-4,8H,5-7H2,1H3,(H,12,13). The minimum absolute atomic E-state index is 0.00458. The molecular weight excluding hydrogens is 180 g/mol. The van der Waals surface area contributed by atoms with Crippen LogP contribution in [0.1, 0.15) is 5.56 Å². The zero-order chi connectivity index (χ0) is 10.2. The lowest BCUT2D eigenvalue weighted by atomic mass is 10.2. The molecule has 0 aliphatic carbocycles. The van der Waals surface area contributed by atoms with E-state index in [1.807, 2.05) is 12.1 Å². The summed E-state index contributed by atoms with van der Waals surface area (Å²) in [7, 11) is 1.60. The van der Waals surface area contributed by atoms with Gasteiger partial charge in [-0.1, -0.05) is 6.07 Å². The number of rotatable bonds is 5. The maximum atomic E-state index is 11.3. The second-order valence-electron chi connectivity index (χ2n) is 2.88. The maximum Gasteiger partial charge on any atom is 0.224 e. The van der Waals surface area contributed by atoms with Gasteiger partial charge in [0.25, 0.3) is 0 Å². The second kappa shape index (κ2) is 6.10. The van der Waals surface area contributed by atoms with E-state index in [0.29, 0.717) is 19.6 Å². The zero-order valence-corrected chi connectivity index (χ0v) is 8.19. The highest BCUT2D eigenvalue weighted by Gasteiger charge is 2.01.